The van der Waals surface area contributed by atoms with Crippen LogP contribution in [0.1, 0.15) is 47.5 Å². The minimum Gasteiger partial charge on any atom is -0.469 e. The van der Waals surface area contributed by atoms with Gasteiger partial charge in [0.15, 0.2) is 12.1 Å². The van der Waals surface area contributed by atoms with Gasteiger partial charge in [0.2, 0.25) is 18.6 Å². The molecule has 0 aliphatic carbocycles. The summed E-state index contributed by atoms with van der Waals surface area (Å²) in [7, 11) is -3.11. The first-order valence-corrected chi connectivity index (χ1v) is 12.6. The molecule has 0 saturated carbocycles. The zero-order valence-corrected chi connectivity index (χ0v) is 22.1. The highest BCUT2D eigenvalue weighted by molar-refractivity contribution is 7.48. The standard InChI is InChI=1S/C21H33N2O12P/c1-20(2,3)9-14(24)23-13(10-31-19(23)28)18(27)32-12-34-36(29)33-11-21(4,5)16(35-36)17(26)22-8-7-15(25)30-6/h13,16H,7-12H2,1-6H3,(H,22,26)/t13-,16+,36?/m1/s1. The quantitative estimate of drug-likeness (QED) is 0.195. The number of ether oxygens (including phenoxy) is 3. The van der Waals surface area contributed by atoms with Crippen LogP contribution in [-0.4, -0.2) is 80.6 Å². The lowest BCUT2D eigenvalue weighted by Crippen LogP contribution is -2.50. The van der Waals surface area contributed by atoms with Gasteiger partial charge >= 0.3 is 25.9 Å². The number of phosphoric ester groups is 1. The van der Waals surface area contributed by atoms with Gasteiger partial charge in [0, 0.05) is 18.4 Å². The van der Waals surface area contributed by atoms with Gasteiger partial charge in [-0.2, -0.15) is 0 Å². The summed E-state index contributed by atoms with van der Waals surface area (Å²) in [4.78, 5) is 61.4. The second-order valence-electron chi connectivity index (χ2n) is 10.1. The molecule has 0 aromatic rings. The fourth-order valence-corrected chi connectivity index (χ4v) is 4.74. The Kier molecular flexibility index (Phi) is 9.63. The van der Waals surface area contributed by atoms with Crippen molar-refractivity contribution in [3.05, 3.63) is 0 Å². The first kappa shape index (κ1) is 29.7. The number of imide groups is 1. The summed E-state index contributed by atoms with van der Waals surface area (Å²) < 4.78 is 42.7. The van der Waals surface area contributed by atoms with Gasteiger partial charge in [-0.05, 0) is 5.41 Å². The molecule has 1 unspecified atom stereocenters. The topological polar surface area (TPSA) is 173 Å². The first-order valence-electron chi connectivity index (χ1n) is 11.2. The highest BCUT2D eigenvalue weighted by atomic mass is 31.2. The smallest absolute Gasteiger partial charge is 0.469 e. The van der Waals surface area contributed by atoms with Crippen LogP contribution in [0.3, 0.4) is 0 Å². The maximum Gasteiger partial charge on any atom is 0.478 e. The Hall–Kier alpha value is -2.54. The second-order valence-corrected chi connectivity index (χ2v) is 11.7. The maximum absolute atomic E-state index is 12.9. The van der Waals surface area contributed by atoms with Gasteiger partial charge in [-0.1, -0.05) is 34.6 Å². The summed E-state index contributed by atoms with van der Waals surface area (Å²) >= 11 is 0. The Labute approximate surface area is 208 Å². The molecule has 0 radical (unpaired) electrons. The van der Waals surface area contributed by atoms with Crippen molar-refractivity contribution in [3.63, 3.8) is 0 Å². The van der Waals surface area contributed by atoms with E-state index in [-0.39, 0.29) is 26.0 Å². The maximum atomic E-state index is 12.9. The fourth-order valence-electron chi connectivity index (χ4n) is 3.23. The van der Waals surface area contributed by atoms with Crippen LogP contribution in [0.2, 0.25) is 0 Å². The Morgan fingerprint density at radius 2 is 1.89 bits per heavy atom. The highest BCUT2D eigenvalue weighted by Gasteiger charge is 2.49. The number of rotatable bonds is 9. The van der Waals surface area contributed by atoms with Gasteiger partial charge < -0.3 is 19.5 Å². The van der Waals surface area contributed by atoms with Gasteiger partial charge in [0.05, 0.1) is 20.1 Å². The molecule has 0 aromatic carbocycles. The minimum atomic E-state index is -4.33. The lowest BCUT2D eigenvalue weighted by molar-refractivity contribution is -0.161. The molecule has 14 nitrogen and oxygen atoms in total. The number of nitrogens with zero attached hydrogens (tertiary/aromatic N) is 1. The van der Waals surface area contributed by atoms with Crippen molar-refractivity contribution in [2.24, 2.45) is 10.8 Å². The van der Waals surface area contributed by atoms with E-state index in [0.717, 1.165) is 0 Å². The van der Waals surface area contributed by atoms with Crippen molar-refractivity contribution >= 4 is 37.7 Å². The van der Waals surface area contributed by atoms with Crippen molar-refractivity contribution in [1.29, 1.82) is 0 Å². The Morgan fingerprint density at radius 3 is 2.50 bits per heavy atom. The molecule has 0 bridgehead atoms. The van der Waals surface area contributed by atoms with E-state index in [1.807, 2.05) is 0 Å². The van der Waals surface area contributed by atoms with Crippen molar-refractivity contribution in [1.82, 2.24) is 10.2 Å². The summed E-state index contributed by atoms with van der Waals surface area (Å²) in [5.41, 5.74) is -1.35. The lowest BCUT2D eigenvalue weighted by atomic mass is 9.87. The van der Waals surface area contributed by atoms with E-state index in [2.05, 4.69) is 10.1 Å². The third kappa shape index (κ3) is 7.99. The molecule has 2 aliphatic heterocycles. The molecule has 0 spiro atoms. The molecule has 36 heavy (non-hydrogen) atoms. The molecule has 15 heteroatoms. The van der Waals surface area contributed by atoms with Crippen LogP contribution >= 0.6 is 7.82 Å². The second kappa shape index (κ2) is 11.7. The number of cyclic esters (lactones) is 1. The van der Waals surface area contributed by atoms with Gasteiger partial charge in [-0.3, -0.25) is 23.4 Å². The average Bonchev–Trinajstić information content (AvgIpc) is 3.16. The van der Waals surface area contributed by atoms with Crippen LogP contribution < -0.4 is 5.32 Å². The Morgan fingerprint density at radius 1 is 1.22 bits per heavy atom. The van der Waals surface area contributed by atoms with Crippen LogP contribution in [0.25, 0.3) is 0 Å². The van der Waals surface area contributed by atoms with Gasteiger partial charge in [-0.25, -0.2) is 23.6 Å². The van der Waals surface area contributed by atoms with E-state index in [9.17, 15) is 28.5 Å². The lowest BCUT2D eigenvalue weighted by Gasteiger charge is -2.39. The van der Waals surface area contributed by atoms with E-state index in [1.54, 1.807) is 34.6 Å². The van der Waals surface area contributed by atoms with Crippen LogP contribution in [0.5, 0.6) is 0 Å². The molecule has 2 saturated heterocycles. The molecule has 2 aliphatic rings. The predicted molar refractivity (Wildman–Crippen MR) is 120 cm³/mol. The molecular formula is C21H33N2O12P. The molecule has 2 heterocycles. The zero-order chi connectivity index (χ0) is 27.3. The number of carbonyl (C=O) groups is 5. The number of nitrogens with one attached hydrogen (secondary N) is 1. The number of hydrogen-bond acceptors (Lipinski definition) is 12. The van der Waals surface area contributed by atoms with Crippen LogP contribution in [0.4, 0.5) is 4.79 Å². The SMILES string of the molecule is COC(=O)CCNC(=O)[C@@H]1OP(=O)(OCOC(=O)[C@H]2COC(=O)N2C(=O)CC(C)(C)C)OCC1(C)C. The van der Waals surface area contributed by atoms with E-state index >= 15 is 0 Å². The van der Waals surface area contributed by atoms with E-state index in [1.165, 1.54) is 7.11 Å². The van der Waals surface area contributed by atoms with Crippen LogP contribution in [0, 0.1) is 10.8 Å². The van der Waals surface area contributed by atoms with E-state index in [4.69, 9.17) is 23.0 Å². The molecule has 2 rings (SSSR count). The summed E-state index contributed by atoms with van der Waals surface area (Å²) in [5, 5.41) is 2.49. The molecule has 1 N–H and O–H groups in total. The number of esters is 2. The summed E-state index contributed by atoms with van der Waals surface area (Å²) in [6.07, 6.45) is -2.32. The monoisotopic (exact) mass is 536 g/mol. The van der Waals surface area contributed by atoms with Crippen LogP contribution in [-0.2, 0) is 51.5 Å². The average molecular weight is 536 g/mol. The summed E-state index contributed by atoms with van der Waals surface area (Å²) in [5.74, 6) is -2.80. The zero-order valence-electron chi connectivity index (χ0n) is 21.2. The number of hydrogen-bond donors (Lipinski definition) is 1. The number of amides is 3. The molecular weight excluding hydrogens is 503 g/mol. The van der Waals surface area contributed by atoms with Gasteiger partial charge in [0.1, 0.15) is 6.61 Å². The molecule has 0 aromatic heterocycles. The van der Waals surface area contributed by atoms with Crippen molar-refractivity contribution in [2.75, 3.05) is 33.7 Å². The summed E-state index contributed by atoms with van der Waals surface area (Å²) in [6.45, 7) is 7.14. The summed E-state index contributed by atoms with van der Waals surface area (Å²) in [6, 6.07) is -1.34. The van der Waals surface area contributed by atoms with Gasteiger partial charge in [0.25, 0.3) is 0 Å². The number of methoxy groups -OCH3 is 1. The number of phosphoric acid groups is 1. The third-order valence-corrected chi connectivity index (χ3v) is 6.48. The normalized spacial score (nSPS) is 25.6. The van der Waals surface area contributed by atoms with Gasteiger partial charge in [-0.15, -0.1) is 0 Å². The van der Waals surface area contributed by atoms with Crippen molar-refractivity contribution in [3.8, 4) is 0 Å². The Bertz CT molecular complexity index is 928. The fraction of sp³-hybridized carbons (Fsp3) is 0.762. The molecule has 2 fully saturated rings. The van der Waals surface area contributed by atoms with Crippen molar-refractivity contribution in [2.45, 2.75) is 59.6 Å². The number of carbonyl (C=O) groups excluding carboxylic acids is 5. The third-order valence-electron chi connectivity index (χ3n) is 5.14. The van der Waals surface area contributed by atoms with E-state index < -0.39 is 74.0 Å². The van der Waals surface area contributed by atoms with Crippen molar-refractivity contribution < 1.29 is 56.3 Å². The first-order chi connectivity index (χ1) is 16.6. The highest BCUT2D eigenvalue weighted by Crippen LogP contribution is 2.57. The van der Waals surface area contributed by atoms with Crippen LogP contribution in [0.15, 0.2) is 0 Å². The Balaban J connectivity index is 1.94. The predicted octanol–water partition coefficient (Wildman–Crippen LogP) is 1.52. The van der Waals surface area contributed by atoms with E-state index in [0.29, 0.717) is 4.90 Å². The minimum absolute atomic E-state index is 0.0157. The molecule has 3 atom stereocenters. The molecule has 204 valence electrons. The molecule has 3 amide bonds. The largest absolute Gasteiger partial charge is 0.478 e.